The van der Waals surface area contributed by atoms with Crippen LogP contribution in [0.4, 0.5) is 20.2 Å². The van der Waals surface area contributed by atoms with Gasteiger partial charge < -0.3 is 15.1 Å². The van der Waals surface area contributed by atoms with Gasteiger partial charge in [0.05, 0.1) is 9.82 Å². The topological polar surface area (TPSA) is 95.8 Å². The van der Waals surface area contributed by atoms with Gasteiger partial charge in [0, 0.05) is 31.2 Å². The molecule has 1 N–H and O–H groups in total. The highest BCUT2D eigenvalue weighted by Crippen LogP contribution is 2.31. The maximum atomic E-state index is 12.7. The van der Waals surface area contributed by atoms with E-state index in [1.807, 2.05) is 0 Å². The predicted molar refractivity (Wildman–Crippen MR) is 105 cm³/mol. The molecule has 1 aromatic carbocycles. The first-order valence-corrected chi connectivity index (χ1v) is 11.2. The molecule has 2 fully saturated rings. The van der Waals surface area contributed by atoms with Crippen molar-refractivity contribution in [2.24, 2.45) is 0 Å². The Morgan fingerprint density at radius 3 is 2.31 bits per heavy atom. The second kappa shape index (κ2) is 8.88. The van der Waals surface area contributed by atoms with E-state index in [-0.39, 0.29) is 11.7 Å². The van der Waals surface area contributed by atoms with E-state index in [1.165, 1.54) is 6.07 Å². The lowest BCUT2D eigenvalue weighted by Crippen LogP contribution is -2.48. The molecule has 29 heavy (non-hydrogen) atoms. The molecule has 162 valence electrons. The maximum absolute atomic E-state index is 12.7. The molecule has 0 aromatic heterocycles. The minimum Gasteiger partial charge on any atom is -0.377 e. The van der Waals surface area contributed by atoms with Gasteiger partial charge in [-0.25, -0.2) is 8.42 Å². The van der Waals surface area contributed by atoms with E-state index < -0.39 is 31.1 Å². The smallest absolute Gasteiger partial charge is 0.341 e. The molecule has 0 atom stereocenters. The van der Waals surface area contributed by atoms with Crippen molar-refractivity contribution >= 4 is 21.2 Å². The third kappa shape index (κ3) is 5.01. The van der Waals surface area contributed by atoms with Gasteiger partial charge in [-0.3, -0.25) is 10.1 Å². The van der Waals surface area contributed by atoms with Crippen molar-refractivity contribution in [1.29, 1.82) is 0 Å². The Labute approximate surface area is 168 Å². The minimum atomic E-state index is -4.88. The Hall–Kier alpha value is -1.85. The predicted octanol–water partition coefficient (Wildman–Crippen LogP) is 2.56. The Morgan fingerprint density at radius 2 is 1.76 bits per heavy atom. The van der Waals surface area contributed by atoms with E-state index in [2.05, 4.69) is 22.2 Å². The standard InChI is InChI=1S/C18H26F2N4O4S/c1-22-8-6-14(7-9-22)23-10-4-13(5-11-23)21-16-3-2-15(12-17(16)24(25)26)29(27,28)18(19)20/h2-3,12-14,18,21H,4-11H2,1H3. The van der Waals surface area contributed by atoms with Crippen molar-refractivity contribution in [3.63, 3.8) is 0 Å². The van der Waals surface area contributed by atoms with Crippen LogP contribution in [0.25, 0.3) is 0 Å². The van der Waals surface area contributed by atoms with E-state index in [0.29, 0.717) is 12.1 Å². The third-order valence-corrected chi connectivity index (χ3v) is 7.20. The lowest BCUT2D eigenvalue weighted by Gasteiger charge is -2.41. The highest BCUT2D eigenvalue weighted by atomic mass is 32.2. The molecule has 3 rings (SSSR count). The zero-order valence-corrected chi connectivity index (χ0v) is 17.1. The normalized spacial score (nSPS) is 20.8. The van der Waals surface area contributed by atoms with Gasteiger partial charge in [-0.15, -0.1) is 0 Å². The molecule has 2 heterocycles. The van der Waals surface area contributed by atoms with E-state index in [0.717, 1.165) is 57.9 Å². The zero-order valence-electron chi connectivity index (χ0n) is 16.3. The summed E-state index contributed by atoms with van der Waals surface area (Å²) in [4.78, 5) is 14.7. The number of nitro benzene ring substituents is 1. The quantitative estimate of drug-likeness (QED) is 0.545. The molecule has 1 aromatic rings. The summed E-state index contributed by atoms with van der Waals surface area (Å²) in [7, 11) is -2.76. The van der Waals surface area contributed by atoms with E-state index in [4.69, 9.17) is 0 Å². The van der Waals surface area contributed by atoms with Crippen molar-refractivity contribution in [2.75, 3.05) is 38.5 Å². The van der Waals surface area contributed by atoms with E-state index >= 15 is 0 Å². The minimum absolute atomic E-state index is 0.00812. The van der Waals surface area contributed by atoms with E-state index in [1.54, 1.807) is 0 Å². The van der Waals surface area contributed by atoms with Crippen LogP contribution in [-0.2, 0) is 9.84 Å². The summed E-state index contributed by atoms with van der Waals surface area (Å²) in [5.74, 6) is -3.62. The number of piperidine rings is 2. The highest BCUT2D eigenvalue weighted by Gasteiger charge is 2.31. The first kappa shape index (κ1) is 21.8. The van der Waals surface area contributed by atoms with Crippen LogP contribution in [-0.4, -0.2) is 74.2 Å². The number of likely N-dealkylation sites (tertiary alicyclic amines) is 2. The molecule has 0 bridgehead atoms. The van der Waals surface area contributed by atoms with Gasteiger partial charge in [0.25, 0.3) is 5.69 Å². The van der Waals surface area contributed by atoms with Crippen LogP contribution in [0, 0.1) is 10.1 Å². The molecular weight excluding hydrogens is 406 g/mol. The third-order valence-electron chi connectivity index (χ3n) is 5.82. The van der Waals surface area contributed by atoms with Crippen LogP contribution < -0.4 is 5.32 Å². The van der Waals surface area contributed by atoms with Crippen LogP contribution in [0.3, 0.4) is 0 Å². The number of benzene rings is 1. The number of hydrogen-bond acceptors (Lipinski definition) is 7. The number of anilines is 1. The van der Waals surface area contributed by atoms with Crippen LogP contribution in [0.15, 0.2) is 23.1 Å². The van der Waals surface area contributed by atoms with Crippen LogP contribution >= 0.6 is 0 Å². The highest BCUT2D eigenvalue weighted by molar-refractivity contribution is 7.91. The average molecular weight is 432 g/mol. The molecule has 2 saturated heterocycles. The van der Waals surface area contributed by atoms with Crippen molar-refractivity contribution in [3.05, 3.63) is 28.3 Å². The molecular formula is C18H26F2N4O4S. The molecule has 0 unspecified atom stereocenters. The van der Waals surface area contributed by atoms with Gasteiger partial charge in [0.2, 0.25) is 9.84 Å². The van der Waals surface area contributed by atoms with Crippen molar-refractivity contribution in [1.82, 2.24) is 9.80 Å². The summed E-state index contributed by atoms with van der Waals surface area (Å²) < 4.78 is 48.7. The Morgan fingerprint density at radius 1 is 1.14 bits per heavy atom. The summed E-state index contributed by atoms with van der Waals surface area (Å²) in [5.41, 5.74) is -0.356. The van der Waals surface area contributed by atoms with Crippen molar-refractivity contribution in [2.45, 2.75) is 48.4 Å². The summed E-state index contributed by atoms with van der Waals surface area (Å²) in [6, 6.07) is 3.48. The second-order valence-corrected chi connectivity index (χ2v) is 9.65. The monoisotopic (exact) mass is 432 g/mol. The van der Waals surface area contributed by atoms with Gasteiger partial charge in [0.1, 0.15) is 5.69 Å². The maximum Gasteiger partial charge on any atom is 0.341 e. The lowest BCUT2D eigenvalue weighted by molar-refractivity contribution is -0.384. The van der Waals surface area contributed by atoms with Crippen LogP contribution in [0.2, 0.25) is 0 Å². The fourth-order valence-electron chi connectivity index (χ4n) is 4.05. The molecule has 2 aliphatic rings. The number of nitrogens with zero attached hydrogens (tertiary/aromatic N) is 3. The fraction of sp³-hybridized carbons (Fsp3) is 0.667. The molecule has 2 aliphatic heterocycles. The second-order valence-electron chi connectivity index (χ2n) is 7.73. The Kier molecular flexibility index (Phi) is 6.69. The molecule has 0 radical (unpaired) electrons. The fourth-order valence-corrected chi connectivity index (χ4v) is 4.79. The SMILES string of the molecule is CN1CCC(N2CCC(Nc3ccc(S(=O)(=O)C(F)F)cc3[N+](=O)[O-])CC2)CC1. The molecule has 11 heteroatoms. The molecule has 0 aliphatic carbocycles. The number of nitrogens with one attached hydrogen (secondary N) is 1. The van der Waals surface area contributed by atoms with Crippen molar-refractivity contribution in [3.8, 4) is 0 Å². The van der Waals surface area contributed by atoms with Crippen molar-refractivity contribution < 1.29 is 22.1 Å². The largest absolute Gasteiger partial charge is 0.377 e. The summed E-state index contributed by atoms with van der Waals surface area (Å²) in [6.07, 6.45) is 3.89. The number of sulfone groups is 1. The van der Waals surface area contributed by atoms with Crippen LogP contribution in [0.5, 0.6) is 0 Å². The Bertz CT molecular complexity index is 836. The van der Waals surface area contributed by atoms with Gasteiger partial charge >= 0.3 is 5.76 Å². The number of nitro groups is 1. The van der Waals surface area contributed by atoms with Gasteiger partial charge in [-0.05, 0) is 58.0 Å². The van der Waals surface area contributed by atoms with Crippen LogP contribution in [0.1, 0.15) is 25.7 Å². The summed E-state index contributed by atoms with van der Waals surface area (Å²) in [5, 5.41) is 14.5. The number of rotatable bonds is 6. The molecule has 0 saturated carbocycles. The summed E-state index contributed by atoms with van der Waals surface area (Å²) in [6.45, 7) is 3.95. The molecule has 0 spiro atoms. The number of hydrogen-bond donors (Lipinski definition) is 1. The molecule has 8 nitrogen and oxygen atoms in total. The summed E-state index contributed by atoms with van der Waals surface area (Å²) >= 11 is 0. The Balaban J connectivity index is 1.65. The zero-order chi connectivity index (χ0) is 21.2. The number of halogens is 2. The van der Waals surface area contributed by atoms with E-state index in [9.17, 15) is 27.3 Å². The first-order chi connectivity index (χ1) is 13.7. The van der Waals surface area contributed by atoms with Gasteiger partial charge in [0.15, 0.2) is 0 Å². The van der Waals surface area contributed by atoms with Gasteiger partial charge in [-0.2, -0.15) is 8.78 Å². The average Bonchev–Trinajstić information content (AvgIpc) is 2.69. The lowest BCUT2D eigenvalue weighted by atomic mass is 9.98. The molecule has 0 amide bonds. The van der Waals surface area contributed by atoms with Gasteiger partial charge in [-0.1, -0.05) is 0 Å². The first-order valence-electron chi connectivity index (χ1n) is 9.68. The number of alkyl halides is 2.